The number of hydrogen-bond acceptors (Lipinski definition) is 2. The molecular formula is C15H18O2. The average molecular weight is 230 g/mol. The van der Waals surface area contributed by atoms with E-state index in [0.29, 0.717) is 0 Å². The summed E-state index contributed by atoms with van der Waals surface area (Å²) in [5.74, 6) is 0.903. The first-order chi connectivity index (χ1) is 8.08. The molecule has 1 aromatic rings. The van der Waals surface area contributed by atoms with Crippen LogP contribution in [0.15, 0.2) is 29.9 Å². The van der Waals surface area contributed by atoms with Crippen molar-refractivity contribution in [2.45, 2.75) is 20.8 Å². The lowest BCUT2D eigenvalue weighted by molar-refractivity contribution is -0.104. The summed E-state index contributed by atoms with van der Waals surface area (Å²) < 4.78 is 5.26. The van der Waals surface area contributed by atoms with Crippen LogP contribution in [0.4, 0.5) is 0 Å². The molecule has 0 bridgehead atoms. The molecule has 0 fully saturated rings. The van der Waals surface area contributed by atoms with Gasteiger partial charge in [0, 0.05) is 0 Å². The van der Waals surface area contributed by atoms with Crippen LogP contribution in [-0.2, 0) is 4.79 Å². The lowest BCUT2D eigenvalue weighted by Gasteiger charge is -2.08. The fourth-order valence-electron chi connectivity index (χ4n) is 1.60. The number of carbonyl (C=O) groups is 1. The second-order valence-electron chi connectivity index (χ2n) is 4.06. The smallest absolute Gasteiger partial charge is 0.143 e. The van der Waals surface area contributed by atoms with Gasteiger partial charge >= 0.3 is 0 Å². The number of ether oxygens (including phenoxy) is 1. The number of aldehydes is 1. The molecule has 0 saturated heterocycles. The molecule has 0 atom stereocenters. The predicted molar refractivity (Wildman–Crippen MR) is 71.3 cm³/mol. The molecule has 0 aliphatic rings. The first-order valence-electron chi connectivity index (χ1n) is 5.54. The Morgan fingerprint density at radius 2 is 1.94 bits per heavy atom. The topological polar surface area (TPSA) is 26.3 Å². The normalized spacial score (nSPS) is 11.9. The third-order valence-corrected chi connectivity index (χ3v) is 2.64. The van der Waals surface area contributed by atoms with Gasteiger partial charge in [0.25, 0.3) is 0 Å². The molecule has 90 valence electrons. The van der Waals surface area contributed by atoms with E-state index < -0.39 is 0 Å². The number of benzene rings is 1. The minimum absolute atomic E-state index is 0.797. The van der Waals surface area contributed by atoms with Crippen molar-refractivity contribution in [3.63, 3.8) is 0 Å². The van der Waals surface area contributed by atoms with E-state index in [1.807, 2.05) is 39.0 Å². The Labute approximate surface area is 103 Å². The van der Waals surface area contributed by atoms with E-state index >= 15 is 0 Å². The van der Waals surface area contributed by atoms with Crippen LogP contribution in [0.1, 0.15) is 23.6 Å². The van der Waals surface area contributed by atoms with E-state index in [-0.39, 0.29) is 0 Å². The molecule has 0 aliphatic carbocycles. The Kier molecular flexibility index (Phi) is 4.70. The predicted octanol–water partition coefficient (Wildman–Crippen LogP) is 3.47. The standard InChI is InChI=1S/C15H18O2/c1-11(7-8-16)5-6-14-9-13(3)15(17-4)10-12(14)2/h5-10H,1-4H3/b6-5+,11-7+. The summed E-state index contributed by atoms with van der Waals surface area (Å²) in [6, 6.07) is 4.10. The van der Waals surface area contributed by atoms with Crippen LogP contribution in [0, 0.1) is 13.8 Å². The Bertz CT molecular complexity index is 468. The van der Waals surface area contributed by atoms with Gasteiger partial charge in [-0.2, -0.15) is 0 Å². The van der Waals surface area contributed by atoms with Gasteiger partial charge in [-0.15, -0.1) is 0 Å². The Balaban J connectivity index is 3.04. The van der Waals surface area contributed by atoms with E-state index in [0.717, 1.165) is 34.3 Å². The van der Waals surface area contributed by atoms with Crippen molar-refractivity contribution < 1.29 is 9.53 Å². The molecule has 1 rings (SSSR count). The number of methoxy groups -OCH3 is 1. The molecule has 0 saturated carbocycles. The maximum Gasteiger partial charge on any atom is 0.143 e. The molecule has 0 spiro atoms. The summed E-state index contributed by atoms with van der Waals surface area (Å²) in [7, 11) is 1.67. The van der Waals surface area contributed by atoms with Crippen LogP contribution in [-0.4, -0.2) is 13.4 Å². The fraction of sp³-hybridized carbons (Fsp3) is 0.267. The van der Waals surface area contributed by atoms with E-state index in [1.54, 1.807) is 13.2 Å². The van der Waals surface area contributed by atoms with Gasteiger partial charge in [-0.25, -0.2) is 0 Å². The second kappa shape index (κ2) is 6.04. The van der Waals surface area contributed by atoms with Crippen molar-refractivity contribution in [1.82, 2.24) is 0 Å². The highest BCUT2D eigenvalue weighted by Crippen LogP contribution is 2.23. The molecule has 0 N–H and O–H groups in total. The van der Waals surface area contributed by atoms with Gasteiger partial charge < -0.3 is 4.74 Å². The minimum Gasteiger partial charge on any atom is -0.496 e. The van der Waals surface area contributed by atoms with Gasteiger partial charge in [0.15, 0.2) is 0 Å². The molecule has 2 nitrogen and oxygen atoms in total. The minimum atomic E-state index is 0.797. The van der Waals surface area contributed by atoms with Crippen molar-refractivity contribution in [2.75, 3.05) is 7.11 Å². The van der Waals surface area contributed by atoms with Crippen LogP contribution < -0.4 is 4.74 Å². The van der Waals surface area contributed by atoms with Crippen LogP contribution in [0.3, 0.4) is 0 Å². The van der Waals surface area contributed by atoms with Gasteiger partial charge in [-0.3, -0.25) is 4.79 Å². The molecule has 0 aromatic heterocycles. The molecule has 1 aromatic carbocycles. The quantitative estimate of drug-likeness (QED) is 0.450. The number of hydrogen-bond donors (Lipinski definition) is 0. The lowest BCUT2D eigenvalue weighted by atomic mass is 10.0. The third kappa shape index (κ3) is 3.59. The highest BCUT2D eigenvalue weighted by molar-refractivity contribution is 5.68. The second-order valence-corrected chi connectivity index (χ2v) is 4.06. The molecular weight excluding hydrogens is 212 g/mol. The number of allylic oxidation sites excluding steroid dienone is 3. The first kappa shape index (κ1) is 13.2. The maximum absolute atomic E-state index is 10.3. The average Bonchev–Trinajstić information content (AvgIpc) is 2.30. The van der Waals surface area contributed by atoms with E-state index in [1.165, 1.54) is 0 Å². The van der Waals surface area contributed by atoms with Crippen LogP contribution in [0.2, 0.25) is 0 Å². The molecule has 0 unspecified atom stereocenters. The highest BCUT2D eigenvalue weighted by Gasteiger charge is 2.02. The Hall–Kier alpha value is -1.83. The van der Waals surface area contributed by atoms with Crippen LogP contribution in [0.5, 0.6) is 5.75 Å². The van der Waals surface area contributed by atoms with Crippen LogP contribution >= 0.6 is 0 Å². The molecule has 17 heavy (non-hydrogen) atoms. The van der Waals surface area contributed by atoms with Gasteiger partial charge in [0.05, 0.1) is 7.11 Å². The van der Waals surface area contributed by atoms with Crippen molar-refractivity contribution >= 4 is 12.4 Å². The summed E-state index contributed by atoms with van der Waals surface area (Å²) in [6.45, 7) is 5.96. The SMILES string of the molecule is COc1cc(C)c(/C=C/C(C)=C/C=O)cc1C. The zero-order valence-corrected chi connectivity index (χ0v) is 10.8. The molecule has 0 amide bonds. The van der Waals surface area contributed by atoms with E-state index in [9.17, 15) is 4.79 Å². The van der Waals surface area contributed by atoms with Crippen molar-refractivity contribution in [2.24, 2.45) is 0 Å². The summed E-state index contributed by atoms with van der Waals surface area (Å²) in [4.78, 5) is 10.3. The number of rotatable bonds is 4. The van der Waals surface area contributed by atoms with Gasteiger partial charge in [0.2, 0.25) is 0 Å². The lowest BCUT2D eigenvalue weighted by Crippen LogP contribution is -1.90. The fourth-order valence-corrected chi connectivity index (χ4v) is 1.60. The van der Waals surface area contributed by atoms with E-state index in [4.69, 9.17) is 4.74 Å². The Morgan fingerprint density at radius 3 is 2.53 bits per heavy atom. The summed E-state index contributed by atoms with van der Waals surface area (Å²) in [5, 5.41) is 0. The molecule has 0 heterocycles. The first-order valence-corrected chi connectivity index (χ1v) is 5.54. The third-order valence-electron chi connectivity index (χ3n) is 2.64. The number of aryl methyl sites for hydroxylation is 2. The monoisotopic (exact) mass is 230 g/mol. The summed E-state index contributed by atoms with van der Waals surface area (Å²) in [6.07, 6.45) is 6.29. The zero-order valence-electron chi connectivity index (χ0n) is 10.8. The Morgan fingerprint density at radius 1 is 1.24 bits per heavy atom. The van der Waals surface area contributed by atoms with Crippen LogP contribution in [0.25, 0.3) is 6.08 Å². The van der Waals surface area contributed by atoms with Gasteiger partial charge in [0.1, 0.15) is 12.0 Å². The van der Waals surface area contributed by atoms with Gasteiger partial charge in [-0.05, 0) is 61.2 Å². The highest BCUT2D eigenvalue weighted by atomic mass is 16.5. The molecule has 0 radical (unpaired) electrons. The maximum atomic E-state index is 10.3. The molecule has 0 aliphatic heterocycles. The van der Waals surface area contributed by atoms with E-state index in [2.05, 4.69) is 6.07 Å². The largest absolute Gasteiger partial charge is 0.496 e. The zero-order chi connectivity index (χ0) is 12.8. The summed E-state index contributed by atoms with van der Waals surface area (Å²) in [5.41, 5.74) is 4.34. The molecule has 2 heteroatoms. The van der Waals surface area contributed by atoms with Crippen molar-refractivity contribution in [3.8, 4) is 5.75 Å². The van der Waals surface area contributed by atoms with Crippen molar-refractivity contribution in [1.29, 1.82) is 0 Å². The number of carbonyl (C=O) groups excluding carboxylic acids is 1. The van der Waals surface area contributed by atoms with Gasteiger partial charge in [-0.1, -0.05) is 12.2 Å². The van der Waals surface area contributed by atoms with Crippen molar-refractivity contribution in [3.05, 3.63) is 46.5 Å². The summed E-state index contributed by atoms with van der Waals surface area (Å²) >= 11 is 0.